The van der Waals surface area contributed by atoms with E-state index in [1.807, 2.05) is 24.3 Å². The highest BCUT2D eigenvalue weighted by molar-refractivity contribution is 5.64. The van der Waals surface area contributed by atoms with Gasteiger partial charge in [-0.1, -0.05) is 36.1 Å². The first-order valence-corrected chi connectivity index (χ1v) is 9.06. The zero-order valence-corrected chi connectivity index (χ0v) is 14.4. The zero-order valence-electron chi connectivity index (χ0n) is 14.4. The minimum absolute atomic E-state index is 0.216. The van der Waals surface area contributed by atoms with E-state index in [-0.39, 0.29) is 5.82 Å². The molecule has 1 saturated carbocycles. The van der Waals surface area contributed by atoms with Gasteiger partial charge in [0.25, 0.3) is 0 Å². The average Bonchev–Trinajstić information content (AvgIpc) is 2.67. The second-order valence-corrected chi connectivity index (χ2v) is 6.82. The van der Waals surface area contributed by atoms with Gasteiger partial charge in [0.1, 0.15) is 12.1 Å². The molecule has 0 radical (unpaired) electrons. The van der Waals surface area contributed by atoms with E-state index in [0.717, 1.165) is 42.2 Å². The fourth-order valence-corrected chi connectivity index (χ4v) is 3.47. The lowest BCUT2D eigenvalue weighted by molar-refractivity contribution is -0.108. The largest absolute Gasteiger partial charge is 0.303 e. The first-order chi connectivity index (χ1) is 12.2. The maximum absolute atomic E-state index is 13.0. The Balaban J connectivity index is 1.57. The van der Waals surface area contributed by atoms with Gasteiger partial charge in [0, 0.05) is 17.9 Å². The number of hydrogen-bond acceptors (Lipinski definition) is 1. The molecule has 0 atom stereocenters. The summed E-state index contributed by atoms with van der Waals surface area (Å²) in [5, 5.41) is 0. The van der Waals surface area contributed by atoms with E-state index in [2.05, 4.69) is 11.8 Å². The number of rotatable bonds is 4. The monoisotopic (exact) mass is 334 g/mol. The van der Waals surface area contributed by atoms with Crippen LogP contribution in [0.5, 0.6) is 0 Å². The molecule has 0 amide bonds. The maximum atomic E-state index is 13.0. The summed E-state index contributed by atoms with van der Waals surface area (Å²) in [7, 11) is 0. The first kappa shape index (κ1) is 17.4. The summed E-state index contributed by atoms with van der Waals surface area (Å²) in [6.07, 6.45) is 7.43. The third kappa shape index (κ3) is 5.03. The highest BCUT2D eigenvalue weighted by Gasteiger charge is 2.19. The van der Waals surface area contributed by atoms with Gasteiger partial charge in [0.2, 0.25) is 0 Å². The topological polar surface area (TPSA) is 17.1 Å². The molecule has 1 aliphatic rings. The Kier molecular flexibility index (Phi) is 6.01. The summed E-state index contributed by atoms with van der Waals surface area (Å²) in [6, 6.07) is 14.7. The third-order valence-corrected chi connectivity index (χ3v) is 5.02. The quantitative estimate of drug-likeness (QED) is 0.523. The van der Waals surface area contributed by atoms with Gasteiger partial charge in [0.15, 0.2) is 0 Å². The van der Waals surface area contributed by atoms with E-state index >= 15 is 0 Å². The summed E-state index contributed by atoms with van der Waals surface area (Å²) < 4.78 is 13.0. The van der Waals surface area contributed by atoms with E-state index in [0.29, 0.717) is 18.3 Å². The third-order valence-electron chi connectivity index (χ3n) is 5.02. The van der Waals surface area contributed by atoms with Crippen molar-refractivity contribution >= 4 is 6.29 Å². The van der Waals surface area contributed by atoms with Crippen LogP contribution in [0, 0.1) is 29.5 Å². The minimum atomic E-state index is -0.216. The highest BCUT2D eigenvalue weighted by atomic mass is 19.1. The molecular weight excluding hydrogens is 311 g/mol. The predicted molar refractivity (Wildman–Crippen MR) is 99.5 cm³/mol. The molecule has 2 heteroatoms. The van der Waals surface area contributed by atoms with Crippen LogP contribution in [-0.2, 0) is 4.79 Å². The Morgan fingerprint density at radius 2 is 1.52 bits per heavy atom. The van der Waals surface area contributed by atoms with Crippen molar-refractivity contribution in [3.63, 3.8) is 0 Å². The molecule has 3 rings (SSSR count). The van der Waals surface area contributed by atoms with Crippen molar-refractivity contribution in [1.82, 2.24) is 0 Å². The smallest absolute Gasteiger partial charge is 0.123 e. The fraction of sp³-hybridized carbons (Fsp3) is 0.348. The molecule has 2 aromatic carbocycles. The number of aldehydes is 1. The van der Waals surface area contributed by atoms with Crippen LogP contribution in [0.1, 0.15) is 44.1 Å². The SMILES string of the molecule is O=CCC[C@H]1CC[C@H](C#Cc2ccc(-c3ccc(F)cc3)cc2)CC1. The maximum Gasteiger partial charge on any atom is 0.123 e. The summed E-state index contributed by atoms with van der Waals surface area (Å²) in [6.45, 7) is 0. The van der Waals surface area contributed by atoms with Crippen LogP contribution in [-0.4, -0.2) is 6.29 Å². The van der Waals surface area contributed by atoms with Crippen molar-refractivity contribution in [3.05, 3.63) is 59.9 Å². The Hall–Kier alpha value is -2.40. The normalized spacial score (nSPS) is 19.7. The van der Waals surface area contributed by atoms with Gasteiger partial charge in [-0.15, -0.1) is 0 Å². The summed E-state index contributed by atoms with van der Waals surface area (Å²) in [5.74, 6) is 7.67. The second-order valence-electron chi connectivity index (χ2n) is 6.82. The minimum Gasteiger partial charge on any atom is -0.303 e. The van der Waals surface area contributed by atoms with E-state index in [1.54, 1.807) is 12.1 Å². The number of hydrogen-bond donors (Lipinski definition) is 0. The molecule has 0 heterocycles. The van der Waals surface area contributed by atoms with Crippen LogP contribution < -0.4 is 0 Å². The van der Waals surface area contributed by atoms with Crippen LogP contribution in [0.15, 0.2) is 48.5 Å². The van der Waals surface area contributed by atoms with E-state index < -0.39 is 0 Å². The van der Waals surface area contributed by atoms with Crippen LogP contribution >= 0.6 is 0 Å². The molecule has 1 aliphatic carbocycles. The van der Waals surface area contributed by atoms with Crippen molar-refractivity contribution in [2.75, 3.05) is 0 Å². The van der Waals surface area contributed by atoms with Crippen molar-refractivity contribution in [2.45, 2.75) is 38.5 Å². The standard InChI is InChI=1S/C23H23FO/c24-23-15-13-22(14-16-23)21-11-9-20(10-12-21)8-7-19-5-3-18(4-6-19)2-1-17-25/h9-19H,1-6H2/t18-,19-. The lowest BCUT2D eigenvalue weighted by atomic mass is 9.80. The lowest BCUT2D eigenvalue weighted by Gasteiger charge is -2.24. The molecule has 0 aromatic heterocycles. The summed E-state index contributed by atoms with van der Waals surface area (Å²) >= 11 is 0. The Bertz CT molecular complexity index is 741. The number of carbonyl (C=O) groups excluding carboxylic acids is 1. The molecule has 0 bridgehead atoms. The summed E-state index contributed by atoms with van der Waals surface area (Å²) in [4.78, 5) is 10.5. The van der Waals surface area contributed by atoms with Crippen LogP contribution in [0.4, 0.5) is 4.39 Å². The van der Waals surface area contributed by atoms with Crippen LogP contribution in [0.2, 0.25) is 0 Å². The van der Waals surface area contributed by atoms with Gasteiger partial charge >= 0.3 is 0 Å². The predicted octanol–water partition coefficient (Wildman–Crippen LogP) is 5.63. The van der Waals surface area contributed by atoms with Gasteiger partial charge in [-0.2, -0.15) is 0 Å². The van der Waals surface area contributed by atoms with Crippen molar-refractivity contribution < 1.29 is 9.18 Å². The van der Waals surface area contributed by atoms with Crippen molar-refractivity contribution in [1.29, 1.82) is 0 Å². The Morgan fingerprint density at radius 1 is 0.920 bits per heavy atom. The van der Waals surface area contributed by atoms with E-state index in [9.17, 15) is 9.18 Å². The van der Waals surface area contributed by atoms with Gasteiger partial charge in [0.05, 0.1) is 0 Å². The summed E-state index contributed by atoms with van der Waals surface area (Å²) in [5.41, 5.74) is 3.10. The Labute approximate surface area is 149 Å². The second kappa shape index (κ2) is 8.62. The number of benzene rings is 2. The van der Waals surface area contributed by atoms with Crippen molar-refractivity contribution in [3.8, 4) is 23.0 Å². The molecule has 25 heavy (non-hydrogen) atoms. The van der Waals surface area contributed by atoms with Gasteiger partial charge in [-0.25, -0.2) is 4.39 Å². The zero-order chi connectivity index (χ0) is 17.5. The molecule has 0 unspecified atom stereocenters. The molecule has 0 spiro atoms. The number of halogens is 1. The fourth-order valence-electron chi connectivity index (χ4n) is 3.47. The average molecular weight is 334 g/mol. The molecular formula is C23H23FO. The lowest BCUT2D eigenvalue weighted by Crippen LogP contribution is -2.13. The molecule has 2 aromatic rings. The van der Waals surface area contributed by atoms with Crippen LogP contribution in [0.25, 0.3) is 11.1 Å². The highest BCUT2D eigenvalue weighted by Crippen LogP contribution is 2.31. The molecule has 1 fully saturated rings. The molecule has 0 N–H and O–H groups in total. The molecule has 0 aliphatic heterocycles. The number of carbonyl (C=O) groups is 1. The van der Waals surface area contributed by atoms with Gasteiger partial charge in [-0.3, -0.25) is 0 Å². The first-order valence-electron chi connectivity index (χ1n) is 9.06. The molecule has 1 nitrogen and oxygen atoms in total. The van der Waals surface area contributed by atoms with Crippen molar-refractivity contribution in [2.24, 2.45) is 11.8 Å². The van der Waals surface area contributed by atoms with E-state index in [4.69, 9.17) is 0 Å². The van der Waals surface area contributed by atoms with E-state index in [1.165, 1.54) is 25.0 Å². The Morgan fingerprint density at radius 3 is 2.12 bits per heavy atom. The molecule has 0 saturated heterocycles. The molecule has 128 valence electrons. The van der Waals surface area contributed by atoms with Crippen LogP contribution in [0.3, 0.4) is 0 Å². The van der Waals surface area contributed by atoms with Gasteiger partial charge < -0.3 is 4.79 Å². The van der Waals surface area contributed by atoms with Gasteiger partial charge in [-0.05, 0) is 73.4 Å².